The topological polar surface area (TPSA) is 87.5 Å². The van der Waals surface area contributed by atoms with E-state index in [-0.39, 0.29) is 5.69 Å². The third kappa shape index (κ3) is 2.88. The van der Waals surface area contributed by atoms with Crippen molar-refractivity contribution in [1.29, 1.82) is 0 Å². The van der Waals surface area contributed by atoms with Crippen LogP contribution in [0.1, 0.15) is 5.56 Å². The maximum Gasteiger partial charge on any atom is 0.514 e. The predicted octanol–water partition coefficient (Wildman–Crippen LogP) is 2.82. The monoisotopic (exact) mass is 345 g/mol. The highest BCUT2D eigenvalue weighted by molar-refractivity contribution is 7.67. The van der Waals surface area contributed by atoms with Gasteiger partial charge in [0.15, 0.2) is 0 Å². The summed E-state index contributed by atoms with van der Waals surface area (Å²) in [6.45, 7) is 0. The van der Waals surface area contributed by atoms with Gasteiger partial charge in [0.05, 0.1) is 22.7 Å². The second kappa shape index (κ2) is 6.04. The van der Waals surface area contributed by atoms with Gasteiger partial charge in [0, 0.05) is 36.1 Å². The van der Waals surface area contributed by atoms with Crippen LogP contribution in [0.5, 0.6) is 0 Å². The van der Waals surface area contributed by atoms with Crippen LogP contribution < -0.4 is 15.5 Å². The second-order valence-corrected chi connectivity index (χ2v) is 6.71. The molecule has 8 heteroatoms. The Morgan fingerprint density at radius 3 is 2.54 bits per heavy atom. The second-order valence-electron chi connectivity index (χ2n) is 5.85. The van der Waals surface area contributed by atoms with Crippen molar-refractivity contribution in [3.8, 4) is 0 Å². The van der Waals surface area contributed by atoms with Crippen molar-refractivity contribution in [2.24, 2.45) is 0 Å². The maximum absolute atomic E-state index is 11.9. The molecule has 1 aliphatic heterocycles. The fourth-order valence-corrected chi connectivity index (χ4v) is 3.37. The molecule has 0 saturated carbocycles. The third-order valence-corrected chi connectivity index (χ3v) is 4.58. The lowest BCUT2D eigenvalue weighted by molar-refractivity contribution is -0.384. The van der Waals surface area contributed by atoms with E-state index in [0.717, 1.165) is 11.3 Å². The van der Waals surface area contributed by atoms with Gasteiger partial charge >= 0.3 is 16.7 Å². The molecule has 0 saturated heterocycles. The van der Waals surface area contributed by atoms with Gasteiger partial charge in [0.25, 0.3) is 5.69 Å². The number of anilines is 3. The first kappa shape index (κ1) is 16.1. The largest absolute Gasteiger partial charge is 0.514 e. The van der Waals surface area contributed by atoms with Gasteiger partial charge in [0.1, 0.15) is 0 Å². The Kier molecular flexibility index (Phi) is 4.06. The minimum Gasteiger partial charge on any atom is -0.377 e. The highest BCUT2D eigenvalue weighted by atomic mass is 32.1. The number of nitro benzene ring substituents is 1. The number of para-hydroxylation sites is 1. The smallest absolute Gasteiger partial charge is 0.377 e. The minimum atomic E-state index is -0.982. The molecule has 0 aromatic heterocycles. The van der Waals surface area contributed by atoms with Crippen LogP contribution in [0, 0.1) is 10.1 Å². The lowest BCUT2D eigenvalue weighted by atomic mass is 10.1. The SMILES string of the molecule is CN(C)c1ccccc1CC1([S+]=O)Nc2ccc([N+](=O)[O-])cc2N1. The number of nitrogens with one attached hydrogen (secondary N) is 2. The van der Waals surface area contributed by atoms with E-state index in [1.807, 2.05) is 43.3 Å². The van der Waals surface area contributed by atoms with Crippen LogP contribution in [-0.4, -0.2) is 24.0 Å². The maximum atomic E-state index is 11.9. The zero-order valence-corrected chi connectivity index (χ0v) is 14.1. The Bertz CT molecular complexity index is 812. The predicted molar refractivity (Wildman–Crippen MR) is 95.6 cm³/mol. The molecule has 0 amide bonds. The highest BCUT2D eigenvalue weighted by Gasteiger charge is 2.50. The minimum absolute atomic E-state index is 0.0107. The molecule has 1 heterocycles. The zero-order chi connectivity index (χ0) is 17.3. The van der Waals surface area contributed by atoms with E-state index in [1.54, 1.807) is 6.07 Å². The summed E-state index contributed by atoms with van der Waals surface area (Å²) < 4.78 is 11.9. The van der Waals surface area contributed by atoms with E-state index in [1.165, 1.54) is 12.1 Å². The van der Waals surface area contributed by atoms with Crippen molar-refractivity contribution < 1.29 is 9.13 Å². The number of rotatable bonds is 5. The summed E-state index contributed by atoms with van der Waals surface area (Å²) in [4.78, 5) is 11.5. The molecule has 1 atom stereocenters. The summed E-state index contributed by atoms with van der Waals surface area (Å²) >= 11 is 0.405. The van der Waals surface area contributed by atoms with Gasteiger partial charge in [-0.3, -0.25) is 10.1 Å². The van der Waals surface area contributed by atoms with Crippen LogP contribution in [0.25, 0.3) is 0 Å². The molecule has 1 unspecified atom stereocenters. The fraction of sp³-hybridized carbons (Fsp3) is 0.250. The molecule has 1 aliphatic rings. The first-order valence-electron chi connectivity index (χ1n) is 7.35. The Hall–Kier alpha value is -2.74. The van der Waals surface area contributed by atoms with Crippen molar-refractivity contribution in [2.75, 3.05) is 29.6 Å². The quantitative estimate of drug-likeness (QED) is 0.492. The summed E-state index contributed by atoms with van der Waals surface area (Å²) in [6, 6.07) is 12.3. The van der Waals surface area contributed by atoms with Crippen LogP contribution in [0.15, 0.2) is 42.5 Å². The molecule has 7 nitrogen and oxygen atoms in total. The molecule has 0 aliphatic carbocycles. The van der Waals surface area contributed by atoms with Gasteiger partial charge in [-0.15, -0.1) is 0 Å². The number of fused-ring (bicyclic) bond motifs is 1. The molecular formula is C16H17N4O3S+. The first-order valence-corrected chi connectivity index (χ1v) is 8.09. The number of hydrogen-bond acceptors (Lipinski definition) is 6. The zero-order valence-electron chi connectivity index (χ0n) is 13.3. The van der Waals surface area contributed by atoms with E-state index in [2.05, 4.69) is 10.6 Å². The van der Waals surface area contributed by atoms with Gasteiger partial charge in [-0.1, -0.05) is 18.2 Å². The first-order chi connectivity index (χ1) is 11.4. The van der Waals surface area contributed by atoms with E-state index in [0.29, 0.717) is 29.5 Å². The summed E-state index contributed by atoms with van der Waals surface area (Å²) in [5, 5.41) is 17.2. The molecule has 2 N–H and O–H groups in total. The number of nitro groups is 1. The van der Waals surface area contributed by atoms with Gasteiger partial charge in [-0.05, 0) is 17.7 Å². The van der Waals surface area contributed by atoms with Crippen LogP contribution in [0.3, 0.4) is 0 Å². The van der Waals surface area contributed by atoms with Crippen molar-refractivity contribution in [3.63, 3.8) is 0 Å². The van der Waals surface area contributed by atoms with E-state index < -0.39 is 9.92 Å². The summed E-state index contributed by atoms with van der Waals surface area (Å²) in [5.41, 5.74) is 3.27. The summed E-state index contributed by atoms with van der Waals surface area (Å²) in [5.74, 6) is 0. The molecule has 0 bridgehead atoms. The van der Waals surface area contributed by atoms with Crippen LogP contribution >= 0.6 is 0 Å². The highest BCUT2D eigenvalue weighted by Crippen LogP contribution is 2.38. The van der Waals surface area contributed by atoms with Crippen molar-refractivity contribution in [3.05, 3.63) is 58.1 Å². The van der Waals surface area contributed by atoms with Gasteiger partial charge in [-0.25, -0.2) is 0 Å². The average Bonchev–Trinajstić information content (AvgIpc) is 2.92. The Morgan fingerprint density at radius 2 is 1.88 bits per heavy atom. The van der Waals surface area contributed by atoms with Gasteiger partial charge in [-0.2, -0.15) is 0 Å². The van der Waals surface area contributed by atoms with E-state index in [4.69, 9.17) is 0 Å². The Labute approximate surface area is 143 Å². The molecule has 3 rings (SSSR count). The summed E-state index contributed by atoms with van der Waals surface area (Å²) in [6.07, 6.45) is 0.429. The molecular weight excluding hydrogens is 328 g/mol. The molecule has 0 radical (unpaired) electrons. The van der Waals surface area contributed by atoms with Gasteiger partial charge in [0.2, 0.25) is 0 Å². The molecule has 0 spiro atoms. The normalized spacial score (nSPS) is 18.2. The van der Waals surface area contributed by atoms with E-state index >= 15 is 0 Å². The average molecular weight is 345 g/mol. The lowest BCUT2D eigenvalue weighted by Crippen LogP contribution is -2.43. The van der Waals surface area contributed by atoms with Crippen LogP contribution in [0.4, 0.5) is 22.7 Å². The van der Waals surface area contributed by atoms with Crippen molar-refractivity contribution in [1.82, 2.24) is 0 Å². The molecule has 2 aromatic rings. The van der Waals surface area contributed by atoms with Crippen LogP contribution in [0.2, 0.25) is 0 Å². The molecule has 24 heavy (non-hydrogen) atoms. The number of hydrogen-bond donors (Lipinski definition) is 2. The number of nitrogens with zero attached hydrogens (tertiary/aromatic N) is 2. The standard InChI is InChI=1S/C16H17N4O3S/c1-19(2)15-6-4-3-5-11(15)10-16(24-23)17-13-8-7-12(20(21)22)9-14(13)18-16/h3-9,17-18H,10H2,1-2H3/q+1. The lowest BCUT2D eigenvalue weighted by Gasteiger charge is -2.20. The van der Waals surface area contributed by atoms with Crippen LogP contribution in [-0.2, 0) is 22.3 Å². The van der Waals surface area contributed by atoms with Gasteiger partial charge < -0.3 is 15.5 Å². The molecule has 2 aromatic carbocycles. The van der Waals surface area contributed by atoms with E-state index in [9.17, 15) is 14.3 Å². The molecule has 124 valence electrons. The van der Waals surface area contributed by atoms with Crippen molar-refractivity contribution >= 4 is 34.4 Å². The number of benzene rings is 2. The Balaban J connectivity index is 1.93. The fourth-order valence-electron chi connectivity index (χ4n) is 2.85. The summed E-state index contributed by atoms with van der Waals surface area (Å²) in [7, 11) is 3.90. The molecule has 0 fully saturated rings. The third-order valence-electron chi connectivity index (χ3n) is 3.94. The Morgan fingerprint density at radius 1 is 1.17 bits per heavy atom. The van der Waals surface area contributed by atoms with Crippen molar-refractivity contribution in [2.45, 2.75) is 11.4 Å². The number of non-ortho nitro benzene ring substituents is 1.